The van der Waals surface area contributed by atoms with Gasteiger partial charge in [0.25, 0.3) is 5.91 Å². The molecule has 1 aromatic heterocycles. The monoisotopic (exact) mass is 316 g/mol. The van der Waals surface area contributed by atoms with Crippen LogP contribution in [0.15, 0.2) is 30.3 Å². The Morgan fingerprint density at radius 1 is 1.22 bits per heavy atom. The fraction of sp³-hybridized carbons (Fsp3) is 0.353. The first kappa shape index (κ1) is 16.9. The van der Waals surface area contributed by atoms with E-state index in [2.05, 4.69) is 20.6 Å². The van der Waals surface area contributed by atoms with Crippen molar-refractivity contribution in [2.75, 3.05) is 18.4 Å². The molecule has 0 aliphatic carbocycles. The van der Waals surface area contributed by atoms with Crippen LogP contribution in [0, 0.1) is 12.7 Å². The number of aromatic nitrogens is 2. The van der Waals surface area contributed by atoms with Crippen LogP contribution in [0.1, 0.15) is 35.2 Å². The first-order valence-corrected chi connectivity index (χ1v) is 7.71. The Balaban J connectivity index is 1.98. The lowest BCUT2D eigenvalue weighted by Gasteiger charge is -2.09. The highest BCUT2D eigenvalue weighted by Gasteiger charge is 2.10. The second-order valence-corrected chi connectivity index (χ2v) is 5.21. The standard InChI is InChI=1S/C17H21FN4O/c1-3-9-20-17(23)15-11-16(22-12(2)21-15)19-10-8-13-6-4-5-7-14(13)18/h4-7,11H,3,8-10H2,1-2H3,(H,20,23)(H,19,21,22). The summed E-state index contributed by atoms with van der Waals surface area (Å²) in [5.74, 6) is 0.653. The molecule has 23 heavy (non-hydrogen) atoms. The molecule has 0 unspecified atom stereocenters. The molecule has 0 radical (unpaired) electrons. The summed E-state index contributed by atoms with van der Waals surface area (Å²) in [5, 5.41) is 5.90. The zero-order chi connectivity index (χ0) is 16.7. The summed E-state index contributed by atoms with van der Waals surface area (Å²) in [7, 11) is 0. The number of nitrogens with zero attached hydrogens (tertiary/aromatic N) is 2. The van der Waals surface area contributed by atoms with Crippen LogP contribution in [0.4, 0.5) is 10.2 Å². The van der Waals surface area contributed by atoms with Crippen LogP contribution < -0.4 is 10.6 Å². The molecule has 122 valence electrons. The van der Waals surface area contributed by atoms with Crippen molar-refractivity contribution >= 4 is 11.7 Å². The number of anilines is 1. The van der Waals surface area contributed by atoms with Crippen LogP contribution in [0.3, 0.4) is 0 Å². The van der Waals surface area contributed by atoms with Crippen molar-refractivity contribution in [3.63, 3.8) is 0 Å². The quantitative estimate of drug-likeness (QED) is 0.824. The van der Waals surface area contributed by atoms with E-state index in [4.69, 9.17) is 0 Å². The molecule has 0 spiro atoms. The normalized spacial score (nSPS) is 10.4. The number of carbonyl (C=O) groups excluding carboxylic acids is 1. The minimum absolute atomic E-state index is 0.213. The van der Waals surface area contributed by atoms with Gasteiger partial charge >= 0.3 is 0 Å². The fourth-order valence-electron chi connectivity index (χ4n) is 2.13. The molecule has 2 N–H and O–H groups in total. The Bertz CT molecular complexity index is 675. The molecular weight excluding hydrogens is 295 g/mol. The van der Waals surface area contributed by atoms with Gasteiger partial charge in [-0.15, -0.1) is 0 Å². The van der Waals surface area contributed by atoms with Gasteiger partial charge in [-0.2, -0.15) is 0 Å². The topological polar surface area (TPSA) is 66.9 Å². The van der Waals surface area contributed by atoms with E-state index in [0.717, 1.165) is 6.42 Å². The second kappa shape index (κ2) is 8.22. The van der Waals surface area contributed by atoms with E-state index in [0.29, 0.717) is 42.4 Å². The number of carbonyl (C=O) groups is 1. The number of benzene rings is 1. The lowest BCUT2D eigenvalue weighted by atomic mass is 10.1. The first-order valence-electron chi connectivity index (χ1n) is 7.71. The van der Waals surface area contributed by atoms with Crippen molar-refractivity contribution in [2.24, 2.45) is 0 Å². The summed E-state index contributed by atoms with van der Waals surface area (Å²) >= 11 is 0. The third kappa shape index (κ3) is 5.02. The molecule has 6 heteroatoms. The number of amides is 1. The highest BCUT2D eigenvalue weighted by Crippen LogP contribution is 2.10. The zero-order valence-corrected chi connectivity index (χ0v) is 13.4. The number of hydrogen-bond donors (Lipinski definition) is 2. The van der Waals surface area contributed by atoms with Gasteiger partial charge in [0, 0.05) is 19.2 Å². The van der Waals surface area contributed by atoms with Crippen LogP contribution >= 0.6 is 0 Å². The van der Waals surface area contributed by atoms with Crippen molar-refractivity contribution in [2.45, 2.75) is 26.7 Å². The molecule has 0 aliphatic heterocycles. The minimum atomic E-state index is -0.215. The van der Waals surface area contributed by atoms with Gasteiger partial charge in [0.1, 0.15) is 23.2 Å². The second-order valence-electron chi connectivity index (χ2n) is 5.21. The van der Waals surface area contributed by atoms with Crippen LogP contribution in [0.25, 0.3) is 0 Å². The summed E-state index contributed by atoms with van der Waals surface area (Å²) in [6.45, 7) is 4.85. The summed E-state index contributed by atoms with van der Waals surface area (Å²) < 4.78 is 13.6. The number of rotatable bonds is 7. The zero-order valence-electron chi connectivity index (χ0n) is 13.4. The Morgan fingerprint density at radius 2 is 2.00 bits per heavy atom. The van der Waals surface area contributed by atoms with Gasteiger partial charge in [-0.1, -0.05) is 25.1 Å². The molecule has 2 aromatic rings. The molecule has 0 aliphatic rings. The van der Waals surface area contributed by atoms with E-state index in [-0.39, 0.29) is 11.7 Å². The lowest BCUT2D eigenvalue weighted by molar-refractivity contribution is 0.0948. The predicted octanol–water partition coefficient (Wildman–Crippen LogP) is 2.72. The molecule has 0 fully saturated rings. The van der Waals surface area contributed by atoms with Gasteiger partial charge in [0.05, 0.1) is 0 Å². The largest absolute Gasteiger partial charge is 0.370 e. The van der Waals surface area contributed by atoms with E-state index in [9.17, 15) is 9.18 Å². The van der Waals surface area contributed by atoms with E-state index in [1.54, 1.807) is 25.1 Å². The molecule has 0 atom stereocenters. The van der Waals surface area contributed by atoms with E-state index >= 15 is 0 Å². The Labute approximate surface area is 135 Å². The molecule has 5 nitrogen and oxygen atoms in total. The Kier molecular flexibility index (Phi) is 6.02. The molecule has 0 saturated carbocycles. The van der Waals surface area contributed by atoms with E-state index in [1.807, 2.05) is 13.0 Å². The van der Waals surface area contributed by atoms with Crippen LogP contribution in [0.5, 0.6) is 0 Å². The van der Waals surface area contributed by atoms with Crippen molar-refractivity contribution in [3.8, 4) is 0 Å². The molecule has 2 rings (SSSR count). The van der Waals surface area contributed by atoms with Gasteiger partial charge in [-0.05, 0) is 31.4 Å². The van der Waals surface area contributed by atoms with Crippen molar-refractivity contribution < 1.29 is 9.18 Å². The first-order chi connectivity index (χ1) is 11.1. The SMILES string of the molecule is CCCNC(=O)c1cc(NCCc2ccccc2F)nc(C)n1. The summed E-state index contributed by atoms with van der Waals surface area (Å²) in [4.78, 5) is 20.4. The summed E-state index contributed by atoms with van der Waals surface area (Å²) in [6.07, 6.45) is 1.40. The summed E-state index contributed by atoms with van der Waals surface area (Å²) in [6, 6.07) is 8.29. The van der Waals surface area contributed by atoms with E-state index in [1.165, 1.54) is 6.07 Å². The molecular formula is C17H21FN4O. The smallest absolute Gasteiger partial charge is 0.270 e. The van der Waals surface area contributed by atoms with Crippen LogP contribution in [-0.4, -0.2) is 29.0 Å². The van der Waals surface area contributed by atoms with Gasteiger partial charge in [-0.3, -0.25) is 4.79 Å². The molecule has 0 saturated heterocycles. The lowest BCUT2D eigenvalue weighted by Crippen LogP contribution is -2.25. The Morgan fingerprint density at radius 3 is 2.74 bits per heavy atom. The molecule has 1 amide bonds. The van der Waals surface area contributed by atoms with Crippen molar-refractivity contribution in [1.82, 2.24) is 15.3 Å². The molecule has 0 bridgehead atoms. The van der Waals surface area contributed by atoms with E-state index < -0.39 is 0 Å². The highest BCUT2D eigenvalue weighted by molar-refractivity contribution is 5.92. The van der Waals surface area contributed by atoms with Gasteiger partial charge in [0.15, 0.2) is 0 Å². The van der Waals surface area contributed by atoms with Crippen molar-refractivity contribution in [1.29, 1.82) is 0 Å². The number of halogens is 1. The Hall–Kier alpha value is -2.50. The maximum atomic E-state index is 13.6. The maximum absolute atomic E-state index is 13.6. The molecule has 1 heterocycles. The van der Waals surface area contributed by atoms with Crippen LogP contribution in [0.2, 0.25) is 0 Å². The third-order valence-electron chi connectivity index (χ3n) is 3.26. The highest BCUT2D eigenvalue weighted by atomic mass is 19.1. The van der Waals surface area contributed by atoms with Crippen molar-refractivity contribution in [3.05, 3.63) is 53.2 Å². The number of nitrogens with one attached hydrogen (secondary N) is 2. The number of hydrogen-bond acceptors (Lipinski definition) is 4. The third-order valence-corrected chi connectivity index (χ3v) is 3.26. The molecule has 1 aromatic carbocycles. The van der Waals surface area contributed by atoms with Gasteiger partial charge in [-0.25, -0.2) is 14.4 Å². The minimum Gasteiger partial charge on any atom is -0.370 e. The predicted molar refractivity (Wildman–Crippen MR) is 88.0 cm³/mol. The maximum Gasteiger partial charge on any atom is 0.270 e. The average Bonchev–Trinajstić information content (AvgIpc) is 2.54. The average molecular weight is 316 g/mol. The van der Waals surface area contributed by atoms with Crippen LogP contribution in [-0.2, 0) is 6.42 Å². The van der Waals surface area contributed by atoms with Gasteiger partial charge < -0.3 is 10.6 Å². The summed E-state index contributed by atoms with van der Waals surface area (Å²) in [5.41, 5.74) is 0.978. The van der Waals surface area contributed by atoms with Gasteiger partial charge in [0.2, 0.25) is 0 Å². The number of aryl methyl sites for hydroxylation is 1. The fourth-order valence-corrected chi connectivity index (χ4v) is 2.13.